The number of rotatable bonds is 1. The number of nitrogens with zero attached hydrogens (tertiary/aromatic N) is 1. The largest absolute Gasteiger partial charge is 0.321 e. The maximum Gasteiger partial charge on any atom is 0.0681 e. The molecule has 2 N–H and O–H groups in total. The van der Waals surface area contributed by atoms with E-state index in [0.717, 1.165) is 5.69 Å². The third-order valence-electron chi connectivity index (χ3n) is 0.859. The van der Waals surface area contributed by atoms with E-state index >= 15 is 0 Å². The van der Waals surface area contributed by atoms with Crippen molar-refractivity contribution in [3.63, 3.8) is 0 Å². The molecular formula is C6H7N2. The Kier molecular flexibility index (Phi) is 1.59. The van der Waals surface area contributed by atoms with Gasteiger partial charge in [0.25, 0.3) is 0 Å². The first-order valence-corrected chi connectivity index (χ1v) is 2.39. The molecule has 1 heterocycles. The van der Waals surface area contributed by atoms with Gasteiger partial charge >= 0.3 is 0 Å². The van der Waals surface area contributed by atoms with Crippen LogP contribution in [0.1, 0.15) is 5.69 Å². The summed E-state index contributed by atoms with van der Waals surface area (Å²) in [6, 6.07) is 5.60. The third kappa shape index (κ3) is 1.04. The number of hydrogen-bond donors (Lipinski definition) is 1. The molecule has 0 aliphatic carbocycles. The van der Waals surface area contributed by atoms with Crippen LogP contribution in [-0.2, 0) is 0 Å². The second kappa shape index (κ2) is 2.43. The van der Waals surface area contributed by atoms with E-state index in [-0.39, 0.29) is 0 Å². The maximum atomic E-state index is 5.16. The Balaban J connectivity index is 2.83. The lowest BCUT2D eigenvalue weighted by Crippen LogP contribution is -1.93. The summed E-state index contributed by atoms with van der Waals surface area (Å²) in [7, 11) is 0. The van der Waals surface area contributed by atoms with Gasteiger partial charge in [-0.1, -0.05) is 6.07 Å². The van der Waals surface area contributed by atoms with Crippen LogP contribution in [0.5, 0.6) is 0 Å². The van der Waals surface area contributed by atoms with Gasteiger partial charge in [0.1, 0.15) is 0 Å². The molecule has 41 valence electrons. The molecule has 2 heteroatoms. The lowest BCUT2D eigenvalue weighted by atomic mass is 10.4. The van der Waals surface area contributed by atoms with Gasteiger partial charge in [0.15, 0.2) is 0 Å². The topological polar surface area (TPSA) is 38.9 Å². The average Bonchev–Trinajstić information content (AvgIpc) is 1.90. The van der Waals surface area contributed by atoms with Crippen molar-refractivity contribution < 1.29 is 0 Å². The van der Waals surface area contributed by atoms with Crippen molar-refractivity contribution in [2.45, 2.75) is 0 Å². The molecule has 1 radical (unpaired) electrons. The fourth-order valence-electron chi connectivity index (χ4n) is 0.475. The quantitative estimate of drug-likeness (QED) is 0.569. The van der Waals surface area contributed by atoms with Crippen LogP contribution in [0.3, 0.4) is 0 Å². The Bertz CT molecular complexity index is 148. The van der Waals surface area contributed by atoms with Crippen molar-refractivity contribution in [1.82, 2.24) is 4.98 Å². The van der Waals surface area contributed by atoms with E-state index < -0.39 is 0 Å². The van der Waals surface area contributed by atoms with Crippen LogP contribution in [-0.4, -0.2) is 4.98 Å². The predicted octanol–water partition coefficient (Wildman–Crippen LogP) is 0.550. The first kappa shape index (κ1) is 5.25. The lowest BCUT2D eigenvalue weighted by molar-refractivity contribution is 1.18. The monoisotopic (exact) mass is 107 g/mol. The molecule has 0 unspecified atom stereocenters. The molecule has 1 rings (SSSR count). The van der Waals surface area contributed by atoms with Gasteiger partial charge in [-0.15, -0.1) is 0 Å². The lowest BCUT2D eigenvalue weighted by Gasteiger charge is -1.88. The molecule has 0 atom stereocenters. The van der Waals surface area contributed by atoms with Gasteiger partial charge in [0.05, 0.1) is 12.2 Å². The van der Waals surface area contributed by atoms with E-state index in [1.807, 2.05) is 18.2 Å². The van der Waals surface area contributed by atoms with E-state index in [2.05, 4.69) is 4.98 Å². The van der Waals surface area contributed by atoms with Crippen molar-refractivity contribution >= 4 is 0 Å². The smallest absolute Gasteiger partial charge is 0.0681 e. The first-order chi connectivity index (χ1) is 3.93. The van der Waals surface area contributed by atoms with E-state index in [4.69, 9.17) is 5.73 Å². The van der Waals surface area contributed by atoms with Crippen LogP contribution in [0.25, 0.3) is 0 Å². The third-order valence-corrected chi connectivity index (χ3v) is 0.859. The second-order valence-electron chi connectivity index (χ2n) is 1.42. The molecule has 1 aromatic rings. The highest BCUT2D eigenvalue weighted by Crippen LogP contribution is 1.89. The minimum absolute atomic E-state index is 0.813. The molecule has 0 aromatic carbocycles. The SMILES string of the molecule is N[CH]c1ccccn1. The number of aromatic nitrogens is 1. The molecule has 8 heavy (non-hydrogen) atoms. The maximum absolute atomic E-state index is 5.16. The van der Waals surface area contributed by atoms with Gasteiger partial charge in [-0.3, -0.25) is 4.98 Å². The summed E-state index contributed by atoms with van der Waals surface area (Å²) >= 11 is 0. The van der Waals surface area contributed by atoms with Gasteiger partial charge < -0.3 is 5.73 Å². The molecule has 0 amide bonds. The summed E-state index contributed by atoms with van der Waals surface area (Å²) in [5.74, 6) is 0. The molecule has 0 bridgehead atoms. The summed E-state index contributed by atoms with van der Waals surface area (Å²) in [4.78, 5) is 3.92. The molecule has 0 fully saturated rings. The zero-order valence-corrected chi connectivity index (χ0v) is 4.41. The Labute approximate surface area is 48.4 Å². The zero-order chi connectivity index (χ0) is 5.82. The van der Waals surface area contributed by atoms with Crippen LogP contribution < -0.4 is 5.73 Å². The summed E-state index contributed by atoms with van der Waals surface area (Å²) in [6.45, 7) is 1.47. The molecule has 0 spiro atoms. The summed E-state index contributed by atoms with van der Waals surface area (Å²) in [5, 5.41) is 0. The fraction of sp³-hybridized carbons (Fsp3) is 0. The Morgan fingerprint density at radius 1 is 1.50 bits per heavy atom. The number of hydrogen-bond acceptors (Lipinski definition) is 2. The van der Waals surface area contributed by atoms with Gasteiger partial charge in [-0.05, 0) is 12.1 Å². The number of pyridine rings is 1. The fourth-order valence-corrected chi connectivity index (χ4v) is 0.475. The van der Waals surface area contributed by atoms with Crippen molar-refractivity contribution in [2.24, 2.45) is 5.73 Å². The molecule has 2 nitrogen and oxygen atoms in total. The summed E-state index contributed by atoms with van der Waals surface area (Å²) in [5.41, 5.74) is 5.97. The minimum atomic E-state index is 0.813. The van der Waals surface area contributed by atoms with Crippen molar-refractivity contribution in [2.75, 3.05) is 0 Å². The zero-order valence-electron chi connectivity index (χ0n) is 4.41. The molecule has 0 saturated heterocycles. The van der Waals surface area contributed by atoms with Crippen molar-refractivity contribution in [1.29, 1.82) is 0 Å². The van der Waals surface area contributed by atoms with E-state index in [0.29, 0.717) is 0 Å². The summed E-state index contributed by atoms with van der Waals surface area (Å²) in [6.07, 6.45) is 1.71. The normalized spacial score (nSPS) is 9.12. The van der Waals surface area contributed by atoms with Gasteiger partial charge in [0, 0.05) is 6.20 Å². The second-order valence-corrected chi connectivity index (χ2v) is 1.42. The van der Waals surface area contributed by atoms with Crippen molar-refractivity contribution in [3.05, 3.63) is 36.6 Å². The van der Waals surface area contributed by atoms with Gasteiger partial charge in [-0.2, -0.15) is 0 Å². The molecule has 0 aliphatic rings. The highest BCUT2D eigenvalue weighted by molar-refractivity contribution is 5.09. The van der Waals surface area contributed by atoms with Gasteiger partial charge in [0.2, 0.25) is 0 Å². The highest BCUT2D eigenvalue weighted by Gasteiger charge is 1.82. The number of nitrogens with two attached hydrogens (primary N) is 1. The standard InChI is InChI=1S/C6H7N2/c7-5-6-3-1-2-4-8-6/h1-5H,7H2. The van der Waals surface area contributed by atoms with Crippen molar-refractivity contribution in [3.8, 4) is 0 Å². The van der Waals surface area contributed by atoms with E-state index in [9.17, 15) is 0 Å². The highest BCUT2D eigenvalue weighted by atomic mass is 14.7. The molecular weight excluding hydrogens is 100 g/mol. The molecule has 1 aromatic heterocycles. The predicted molar refractivity (Wildman–Crippen MR) is 31.8 cm³/mol. The Morgan fingerprint density at radius 2 is 2.38 bits per heavy atom. The Morgan fingerprint density at radius 3 is 2.75 bits per heavy atom. The summed E-state index contributed by atoms with van der Waals surface area (Å²) < 4.78 is 0. The van der Waals surface area contributed by atoms with Crippen LogP contribution >= 0.6 is 0 Å². The van der Waals surface area contributed by atoms with E-state index in [1.165, 1.54) is 6.54 Å². The molecule has 0 aliphatic heterocycles. The minimum Gasteiger partial charge on any atom is -0.321 e. The first-order valence-electron chi connectivity index (χ1n) is 2.39. The van der Waals surface area contributed by atoms with Crippen LogP contribution in [0.4, 0.5) is 0 Å². The van der Waals surface area contributed by atoms with Crippen LogP contribution in [0.15, 0.2) is 24.4 Å². The average molecular weight is 107 g/mol. The van der Waals surface area contributed by atoms with Gasteiger partial charge in [-0.25, -0.2) is 0 Å². The van der Waals surface area contributed by atoms with Crippen LogP contribution in [0, 0.1) is 6.54 Å². The Hall–Kier alpha value is -0.890. The molecule has 0 saturated carbocycles. The van der Waals surface area contributed by atoms with E-state index in [1.54, 1.807) is 6.20 Å². The van der Waals surface area contributed by atoms with Crippen LogP contribution in [0.2, 0.25) is 0 Å².